The summed E-state index contributed by atoms with van der Waals surface area (Å²) in [5, 5.41) is 3.76. The van der Waals surface area contributed by atoms with Crippen LogP contribution in [0.4, 0.5) is 0 Å². The van der Waals surface area contributed by atoms with Crippen LogP contribution < -0.4 is 4.52 Å². The van der Waals surface area contributed by atoms with Gasteiger partial charge in [0, 0.05) is 11.8 Å². The molecule has 0 aliphatic carbocycles. The third-order valence-corrected chi connectivity index (χ3v) is 5.56. The molecule has 3 heterocycles. The molecule has 0 fully saturated rings. The lowest BCUT2D eigenvalue weighted by atomic mass is 9.94. The first-order chi connectivity index (χ1) is 12.6. The van der Waals surface area contributed by atoms with Crippen LogP contribution in [0.15, 0.2) is 54.7 Å². The van der Waals surface area contributed by atoms with Crippen LogP contribution in [0.2, 0.25) is 0 Å². The zero-order chi connectivity index (χ0) is 18.0. The standard InChI is InChI=1S/C23H22N3/c1-14(2)16-12-11-15(3)22-20(16)21-18(9-7-13-24-21)23-17-8-5-6-10-19(17)25(4)26(22)23/h5-14H,1-4H3/q+1. The molecule has 0 amide bonds. The molecule has 5 aromatic rings. The van der Waals surface area contributed by atoms with E-state index in [1.807, 2.05) is 12.3 Å². The van der Waals surface area contributed by atoms with Crippen LogP contribution in [0.1, 0.15) is 30.9 Å². The van der Waals surface area contributed by atoms with Crippen molar-refractivity contribution in [2.45, 2.75) is 26.7 Å². The molecule has 0 saturated heterocycles. The van der Waals surface area contributed by atoms with Gasteiger partial charge in [-0.15, -0.1) is 4.68 Å². The lowest BCUT2D eigenvalue weighted by Crippen LogP contribution is -2.33. The Morgan fingerprint density at radius 2 is 1.69 bits per heavy atom. The van der Waals surface area contributed by atoms with Crippen molar-refractivity contribution in [2.75, 3.05) is 0 Å². The molecule has 0 spiro atoms. The average molecular weight is 340 g/mol. The maximum atomic E-state index is 4.84. The van der Waals surface area contributed by atoms with Crippen molar-refractivity contribution in [1.82, 2.24) is 9.67 Å². The van der Waals surface area contributed by atoms with Gasteiger partial charge in [-0.2, -0.15) is 0 Å². The number of benzene rings is 2. The third-order valence-electron chi connectivity index (χ3n) is 5.56. The number of aromatic nitrogens is 3. The molecule has 0 radical (unpaired) electrons. The Bertz CT molecular complexity index is 1330. The maximum Gasteiger partial charge on any atom is 0.255 e. The van der Waals surface area contributed by atoms with Gasteiger partial charge < -0.3 is 0 Å². The molecule has 0 aliphatic heterocycles. The molecule has 0 bridgehead atoms. The second-order valence-corrected chi connectivity index (χ2v) is 7.45. The molecule has 128 valence electrons. The van der Waals surface area contributed by atoms with Crippen molar-refractivity contribution < 1.29 is 4.52 Å². The van der Waals surface area contributed by atoms with E-state index in [0.717, 1.165) is 5.52 Å². The van der Waals surface area contributed by atoms with Crippen LogP contribution in [0, 0.1) is 6.92 Å². The average Bonchev–Trinajstić information content (AvgIpc) is 2.95. The number of para-hydroxylation sites is 1. The molecule has 2 aromatic carbocycles. The summed E-state index contributed by atoms with van der Waals surface area (Å²) in [5.74, 6) is 0.441. The Morgan fingerprint density at radius 3 is 2.50 bits per heavy atom. The van der Waals surface area contributed by atoms with Crippen LogP contribution in [-0.4, -0.2) is 9.67 Å². The molecule has 3 aromatic heterocycles. The van der Waals surface area contributed by atoms with E-state index in [1.54, 1.807) is 0 Å². The number of rotatable bonds is 1. The van der Waals surface area contributed by atoms with Crippen molar-refractivity contribution in [3.63, 3.8) is 0 Å². The molecular weight excluding hydrogens is 318 g/mol. The zero-order valence-electron chi connectivity index (χ0n) is 15.6. The summed E-state index contributed by atoms with van der Waals surface area (Å²) < 4.78 is 4.65. The quantitative estimate of drug-likeness (QED) is 0.309. The van der Waals surface area contributed by atoms with E-state index < -0.39 is 0 Å². The van der Waals surface area contributed by atoms with E-state index in [9.17, 15) is 0 Å². The summed E-state index contributed by atoms with van der Waals surface area (Å²) in [5.41, 5.74) is 7.47. The topological polar surface area (TPSA) is 21.9 Å². The molecule has 3 heteroatoms. The van der Waals surface area contributed by atoms with Crippen LogP contribution in [0.25, 0.3) is 38.2 Å². The molecule has 5 rings (SSSR count). The van der Waals surface area contributed by atoms with Crippen LogP contribution in [-0.2, 0) is 7.05 Å². The number of hydrogen-bond acceptors (Lipinski definition) is 1. The second-order valence-electron chi connectivity index (χ2n) is 7.45. The first kappa shape index (κ1) is 15.3. The summed E-state index contributed by atoms with van der Waals surface area (Å²) in [7, 11) is 2.15. The van der Waals surface area contributed by atoms with E-state index in [4.69, 9.17) is 4.98 Å². The first-order valence-corrected chi connectivity index (χ1v) is 9.19. The number of fused-ring (bicyclic) bond motifs is 8. The van der Waals surface area contributed by atoms with Crippen molar-refractivity contribution >= 4 is 38.2 Å². The largest absolute Gasteiger partial charge is 0.255 e. The lowest BCUT2D eigenvalue weighted by molar-refractivity contribution is -0.576. The van der Waals surface area contributed by atoms with Crippen molar-refractivity contribution in [3.05, 3.63) is 65.9 Å². The highest BCUT2D eigenvalue weighted by atomic mass is 15.3. The van der Waals surface area contributed by atoms with Gasteiger partial charge in [0.25, 0.3) is 5.52 Å². The van der Waals surface area contributed by atoms with Crippen molar-refractivity contribution in [3.8, 4) is 0 Å². The second kappa shape index (κ2) is 5.28. The van der Waals surface area contributed by atoms with Gasteiger partial charge in [-0.05, 0) is 42.7 Å². The van der Waals surface area contributed by atoms with Crippen LogP contribution >= 0.6 is 0 Å². The van der Waals surface area contributed by atoms with Crippen molar-refractivity contribution in [1.29, 1.82) is 0 Å². The first-order valence-electron chi connectivity index (χ1n) is 9.19. The van der Waals surface area contributed by atoms with Crippen LogP contribution in [0.5, 0.6) is 0 Å². The summed E-state index contributed by atoms with van der Waals surface area (Å²) in [4.78, 5) is 4.84. The van der Waals surface area contributed by atoms with Gasteiger partial charge in [-0.3, -0.25) is 4.98 Å². The fraction of sp³-hybridized carbons (Fsp3) is 0.217. The van der Waals surface area contributed by atoms with Gasteiger partial charge in [0.15, 0.2) is 0 Å². The van der Waals surface area contributed by atoms with Gasteiger partial charge in [0.05, 0.1) is 28.7 Å². The SMILES string of the molecule is Cc1ccc(C(C)C)c2c3ncccc3c3c4ccccc4n(C)[n+]3c12. The zero-order valence-corrected chi connectivity index (χ0v) is 15.6. The van der Waals surface area contributed by atoms with Gasteiger partial charge in [-0.25, -0.2) is 0 Å². The minimum atomic E-state index is 0.441. The van der Waals surface area contributed by atoms with E-state index in [0.29, 0.717) is 5.92 Å². The highest BCUT2D eigenvalue weighted by molar-refractivity contribution is 6.15. The highest BCUT2D eigenvalue weighted by Gasteiger charge is 2.27. The Hall–Kier alpha value is -2.94. The van der Waals surface area contributed by atoms with E-state index in [1.165, 1.54) is 43.8 Å². The smallest absolute Gasteiger partial charge is 0.255 e. The molecule has 0 saturated carbocycles. The van der Waals surface area contributed by atoms with E-state index in [2.05, 4.69) is 79.5 Å². The van der Waals surface area contributed by atoms with Crippen LogP contribution in [0.3, 0.4) is 0 Å². The van der Waals surface area contributed by atoms with Crippen molar-refractivity contribution in [2.24, 2.45) is 7.05 Å². The molecule has 0 atom stereocenters. The van der Waals surface area contributed by atoms with Gasteiger partial charge in [0.2, 0.25) is 5.52 Å². The fourth-order valence-electron chi connectivity index (χ4n) is 4.36. The van der Waals surface area contributed by atoms with E-state index >= 15 is 0 Å². The predicted molar refractivity (Wildman–Crippen MR) is 108 cm³/mol. The molecular formula is C23H22N3+. The highest BCUT2D eigenvalue weighted by Crippen LogP contribution is 2.34. The Morgan fingerprint density at radius 1 is 0.923 bits per heavy atom. The summed E-state index contributed by atoms with van der Waals surface area (Å²) in [6.45, 7) is 6.72. The normalized spacial score (nSPS) is 12.2. The number of aryl methyl sites for hydroxylation is 2. The third kappa shape index (κ3) is 1.83. The predicted octanol–water partition coefficient (Wildman–Crippen LogP) is 5.05. The minimum absolute atomic E-state index is 0.441. The van der Waals surface area contributed by atoms with Gasteiger partial charge >= 0.3 is 0 Å². The van der Waals surface area contributed by atoms with Gasteiger partial charge in [-0.1, -0.05) is 42.6 Å². The lowest BCUT2D eigenvalue weighted by Gasteiger charge is -2.11. The molecule has 0 N–H and O–H groups in total. The summed E-state index contributed by atoms with van der Waals surface area (Å²) in [6.07, 6.45) is 1.91. The number of pyridine rings is 2. The summed E-state index contributed by atoms with van der Waals surface area (Å²) >= 11 is 0. The summed E-state index contributed by atoms with van der Waals surface area (Å²) in [6, 6.07) is 17.4. The van der Waals surface area contributed by atoms with E-state index in [-0.39, 0.29) is 0 Å². The number of nitrogens with zero attached hydrogens (tertiary/aromatic N) is 3. The Balaban J connectivity index is 2.25. The maximum absolute atomic E-state index is 4.84. The molecule has 26 heavy (non-hydrogen) atoms. The molecule has 3 nitrogen and oxygen atoms in total. The monoisotopic (exact) mass is 340 g/mol. The Labute approximate surface area is 152 Å². The molecule has 0 aliphatic rings. The fourth-order valence-corrected chi connectivity index (χ4v) is 4.36. The van der Waals surface area contributed by atoms with Gasteiger partial charge in [0.1, 0.15) is 5.52 Å². The molecule has 0 unspecified atom stereocenters. The minimum Gasteiger partial charge on any atom is -0.255 e. The Kier molecular flexibility index (Phi) is 3.11. The number of hydrogen-bond donors (Lipinski definition) is 0.